The molecule has 0 bridgehead atoms. The first-order valence-electron chi connectivity index (χ1n) is 11.9. The summed E-state index contributed by atoms with van der Waals surface area (Å²) in [5.74, 6) is 0.675. The van der Waals surface area contributed by atoms with Crippen molar-refractivity contribution in [1.29, 1.82) is 0 Å². The third-order valence-corrected chi connectivity index (χ3v) is 8.55. The molecule has 0 aliphatic carbocycles. The van der Waals surface area contributed by atoms with Crippen LogP contribution in [0.3, 0.4) is 0 Å². The van der Waals surface area contributed by atoms with Gasteiger partial charge in [-0.2, -0.15) is 9.29 Å². The van der Waals surface area contributed by atoms with Crippen molar-refractivity contribution >= 4 is 21.6 Å². The molecular formula is C26H32N4O4S. The first kappa shape index (κ1) is 25.1. The van der Waals surface area contributed by atoms with Crippen molar-refractivity contribution in [1.82, 2.24) is 14.4 Å². The van der Waals surface area contributed by atoms with Crippen LogP contribution >= 0.6 is 0 Å². The summed E-state index contributed by atoms with van der Waals surface area (Å²) in [6, 6.07) is 10.8. The Bertz CT molecular complexity index is 1340. The molecule has 1 aliphatic rings. The second-order valence-corrected chi connectivity index (χ2v) is 11.5. The number of benzene rings is 2. The van der Waals surface area contributed by atoms with Crippen LogP contribution in [0.5, 0.6) is 0 Å². The normalized spacial score (nSPS) is 15.5. The monoisotopic (exact) mass is 496 g/mol. The standard InChI is InChI=1S/C26H32N4O4S/c1-16(2)24-28-26(34-29-24)22-8-6-7-18(4)23(22)27-25(31)20-11-13-30(14-12-20)35(32,33)21-10-9-17(3)19(5)15-21/h6-10,15-16,20H,11-14H2,1-5H3,(H,27,31). The highest BCUT2D eigenvalue weighted by Gasteiger charge is 2.32. The Morgan fingerprint density at radius 2 is 1.77 bits per heavy atom. The van der Waals surface area contributed by atoms with Crippen LogP contribution in [0.25, 0.3) is 11.5 Å². The number of amides is 1. The third-order valence-electron chi connectivity index (χ3n) is 6.65. The molecule has 186 valence electrons. The average molecular weight is 497 g/mol. The van der Waals surface area contributed by atoms with E-state index in [0.29, 0.717) is 53.8 Å². The van der Waals surface area contributed by atoms with Crippen molar-refractivity contribution in [2.45, 2.75) is 58.3 Å². The number of sulfonamides is 1. The number of carbonyl (C=O) groups is 1. The predicted molar refractivity (Wildman–Crippen MR) is 135 cm³/mol. The van der Waals surface area contributed by atoms with Crippen LogP contribution < -0.4 is 5.32 Å². The minimum Gasteiger partial charge on any atom is -0.334 e. The molecule has 9 heteroatoms. The third kappa shape index (κ3) is 5.16. The van der Waals surface area contributed by atoms with Crippen LogP contribution in [-0.4, -0.2) is 41.9 Å². The van der Waals surface area contributed by atoms with E-state index in [2.05, 4.69) is 15.5 Å². The lowest BCUT2D eigenvalue weighted by molar-refractivity contribution is -0.120. The van der Waals surface area contributed by atoms with E-state index in [1.54, 1.807) is 12.1 Å². The largest absolute Gasteiger partial charge is 0.334 e. The Labute approximate surface area is 206 Å². The molecule has 1 aromatic heterocycles. The number of hydrogen-bond acceptors (Lipinski definition) is 6. The lowest BCUT2D eigenvalue weighted by atomic mass is 9.96. The molecule has 1 amide bonds. The maximum atomic E-state index is 13.2. The molecule has 4 rings (SSSR count). The Balaban J connectivity index is 1.46. The first-order valence-corrected chi connectivity index (χ1v) is 13.3. The van der Waals surface area contributed by atoms with Crippen LogP contribution in [0.2, 0.25) is 0 Å². The molecule has 1 saturated heterocycles. The van der Waals surface area contributed by atoms with E-state index in [4.69, 9.17) is 4.52 Å². The molecular weight excluding hydrogens is 464 g/mol. The maximum absolute atomic E-state index is 13.2. The summed E-state index contributed by atoms with van der Waals surface area (Å²) in [6.07, 6.45) is 0.907. The molecule has 0 saturated carbocycles. The van der Waals surface area contributed by atoms with E-state index in [-0.39, 0.29) is 17.7 Å². The smallest absolute Gasteiger partial charge is 0.260 e. The molecule has 0 unspecified atom stereocenters. The second-order valence-electron chi connectivity index (χ2n) is 9.52. The molecule has 3 aromatic rings. The Hall–Kier alpha value is -3.04. The van der Waals surface area contributed by atoms with Crippen LogP contribution in [0.1, 0.15) is 55.1 Å². The summed E-state index contributed by atoms with van der Waals surface area (Å²) in [6.45, 7) is 10.3. The number of nitrogens with zero attached hydrogens (tertiary/aromatic N) is 3. The van der Waals surface area contributed by atoms with Gasteiger partial charge in [-0.1, -0.05) is 37.2 Å². The van der Waals surface area contributed by atoms with Crippen molar-refractivity contribution < 1.29 is 17.7 Å². The van der Waals surface area contributed by atoms with Crippen LogP contribution in [-0.2, 0) is 14.8 Å². The zero-order valence-corrected chi connectivity index (χ0v) is 21.6. The quantitative estimate of drug-likeness (QED) is 0.524. The number of aryl methyl sites for hydroxylation is 3. The summed E-state index contributed by atoms with van der Waals surface area (Å²) >= 11 is 0. The SMILES string of the molecule is Cc1ccc(S(=O)(=O)N2CCC(C(=O)Nc3c(C)cccc3-c3nc(C(C)C)no3)CC2)cc1C. The zero-order chi connectivity index (χ0) is 25.3. The second kappa shape index (κ2) is 9.91. The maximum Gasteiger partial charge on any atom is 0.260 e. The van der Waals surface area contributed by atoms with Gasteiger partial charge in [0.2, 0.25) is 15.9 Å². The van der Waals surface area contributed by atoms with Gasteiger partial charge in [-0.3, -0.25) is 4.79 Å². The fourth-order valence-corrected chi connectivity index (χ4v) is 5.75. The van der Waals surface area contributed by atoms with Gasteiger partial charge >= 0.3 is 0 Å². The van der Waals surface area contributed by atoms with E-state index in [1.807, 2.05) is 58.9 Å². The molecule has 0 radical (unpaired) electrons. The van der Waals surface area contributed by atoms with Gasteiger partial charge in [0, 0.05) is 24.9 Å². The molecule has 8 nitrogen and oxygen atoms in total. The minimum atomic E-state index is -3.59. The highest BCUT2D eigenvalue weighted by Crippen LogP contribution is 2.32. The van der Waals surface area contributed by atoms with Crippen molar-refractivity contribution in [3.63, 3.8) is 0 Å². The summed E-state index contributed by atoms with van der Waals surface area (Å²) in [5, 5.41) is 7.09. The predicted octanol–water partition coefficient (Wildman–Crippen LogP) is 4.82. The zero-order valence-electron chi connectivity index (χ0n) is 20.8. The van der Waals surface area contributed by atoms with Gasteiger partial charge in [-0.25, -0.2) is 8.42 Å². The first-order chi connectivity index (χ1) is 16.6. The summed E-state index contributed by atoms with van der Waals surface area (Å²) in [5.41, 5.74) is 4.19. The highest BCUT2D eigenvalue weighted by atomic mass is 32.2. The number of anilines is 1. The minimum absolute atomic E-state index is 0.126. The molecule has 35 heavy (non-hydrogen) atoms. The van der Waals surface area contributed by atoms with Gasteiger partial charge < -0.3 is 9.84 Å². The fourth-order valence-electron chi connectivity index (χ4n) is 4.20. The summed E-state index contributed by atoms with van der Waals surface area (Å²) in [7, 11) is -3.59. The molecule has 1 aliphatic heterocycles. The van der Waals surface area contributed by atoms with E-state index in [9.17, 15) is 13.2 Å². The number of hydrogen-bond donors (Lipinski definition) is 1. The summed E-state index contributed by atoms with van der Waals surface area (Å²) < 4.78 is 33.2. The highest BCUT2D eigenvalue weighted by molar-refractivity contribution is 7.89. The van der Waals surface area contributed by atoms with E-state index in [1.165, 1.54) is 4.31 Å². The Morgan fingerprint density at radius 3 is 2.40 bits per heavy atom. The Kier molecular flexibility index (Phi) is 7.10. The Morgan fingerprint density at radius 1 is 1.06 bits per heavy atom. The number of piperidine rings is 1. The van der Waals surface area contributed by atoms with Crippen LogP contribution in [0.15, 0.2) is 45.8 Å². The summed E-state index contributed by atoms with van der Waals surface area (Å²) in [4.78, 5) is 18.0. The molecule has 1 N–H and O–H groups in total. The molecule has 1 fully saturated rings. The molecule has 2 aromatic carbocycles. The lowest BCUT2D eigenvalue weighted by Crippen LogP contribution is -2.41. The topological polar surface area (TPSA) is 105 Å². The number of carbonyl (C=O) groups excluding carboxylic acids is 1. The number of nitrogens with one attached hydrogen (secondary N) is 1. The van der Waals surface area contributed by atoms with Gasteiger partial charge in [-0.05, 0) is 68.5 Å². The lowest BCUT2D eigenvalue weighted by Gasteiger charge is -2.31. The van der Waals surface area contributed by atoms with E-state index < -0.39 is 10.0 Å². The van der Waals surface area contributed by atoms with Crippen molar-refractivity contribution in [3.05, 3.63) is 58.9 Å². The van der Waals surface area contributed by atoms with Gasteiger partial charge in [0.05, 0.1) is 16.1 Å². The van der Waals surface area contributed by atoms with Crippen molar-refractivity contribution in [3.8, 4) is 11.5 Å². The molecule has 0 atom stereocenters. The molecule has 0 spiro atoms. The molecule has 2 heterocycles. The van der Waals surface area contributed by atoms with Crippen molar-refractivity contribution in [2.75, 3.05) is 18.4 Å². The fraction of sp³-hybridized carbons (Fsp3) is 0.423. The van der Waals surface area contributed by atoms with Crippen LogP contribution in [0.4, 0.5) is 5.69 Å². The van der Waals surface area contributed by atoms with E-state index >= 15 is 0 Å². The van der Waals surface area contributed by atoms with Crippen molar-refractivity contribution in [2.24, 2.45) is 5.92 Å². The van der Waals surface area contributed by atoms with Gasteiger partial charge in [0.15, 0.2) is 5.82 Å². The number of para-hydroxylation sites is 1. The van der Waals surface area contributed by atoms with E-state index in [0.717, 1.165) is 16.7 Å². The van der Waals surface area contributed by atoms with Gasteiger partial charge in [-0.15, -0.1) is 0 Å². The number of aromatic nitrogens is 2. The van der Waals surface area contributed by atoms with Gasteiger partial charge in [0.1, 0.15) is 0 Å². The number of rotatable bonds is 6. The average Bonchev–Trinajstić information content (AvgIpc) is 3.32. The van der Waals surface area contributed by atoms with Gasteiger partial charge in [0.25, 0.3) is 5.89 Å². The van der Waals surface area contributed by atoms with Crippen LogP contribution in [0, 0.1) is 26.7 Å².